The normalized spacial score (nSPS) is 11.0. The number of aliphatic carboxylic acids is 1. The molecule has 0 bridgehead atoms. The van der Waals surface area contributed by atoms with Crippen LogP contribution in [0.5, 0.6) is 5.75 Å². The Bertz CT molecular complexity index is 1230. The lowest BCUT2D eigenvalue weighted by Crippen LogP contribution is -2.32. The van der Waals surface area contributed by atoms with Gasteiger partial charge in [-0.25, -0.2) is 9.59 Å². The van der Waals surface area contributed by atoms with Crippen LogP contribution in [0.1, 0.15) is 5.56 Å². The molecule has 0 aliphatic rings. The summed E-state index contributed by atoms with van der Waals surface area (Å²) in [7, 11) is 0. The predicted octanol–water partition coefficient (Wildman–Crippen LogP) is 0.944. The second kappa shape index (κ2) is 7.53. The van der Waals surface area contributed by atoms with Crippen molar-refractivity contribution in [2.24, 2.45) is 5.10 Å². The van der Waals surface area contributed by atoms with Crippen molar-refractivity contribution in [2.75, 3.05) is 6.61 Å². The number of para-hydroxylation sites is 1. The summed E-state index contributed by atoms with van der Waals surface area (Å²) < 4.78 is 5.62. The van der Waals surface area contributed by atoms with Gasteiger partial charge >= 0.3 is 11.7 Å². The van der Waals surface area contributed by atoms with Crippen LogP contribution in [0, 0.1) is 10.1 Å². The number of hydrogen-bond donors (Lipinski definition) is 2. The molecule has 0 aliphatic carbocycles. The molecule has 1 heterocycles. The molecule has 0 fully saturated rings. The number of aromatic amines is 1. The minimum atomic E-state index is -1.25. The summed E-state index contributed by atoms with van der Waals surface area (Å²) in [5.74, 6) is -1.26. The third kappa shape index (κ3) is 3.77. The fourth-order valence-electron chi connectivity index (χ4n) is 2.40. The second-order valence-corrected chi connectivity index (χ2v) is 5.50. The topological polar surface area (TPSA) is 157 Å². The van der Waals surface area contributed by atoms with E-state index in [1.807, 2.05) is 0 Å². The van der Waals surface area contributed by atoms with Crippen LogP contribution in [0.3, 0.4) is 0 Å². The second-order valence-electron chi connectivity index (χ2n) is 5.50. The molecule has 11 heteroatoms. The van der Waals surface area contributed by atoms with Crippen LogP contribution < -0.4 is 16.0 Å². The molecular formula is C17H12N4O7. The molecule has 1 aromatic heterocycles. The van der Waals surface area contributed by atoms with Crippen molar-refractivity contribution < 1.29 is 19.6 Å². The highest BCUT2D eigenvalue weighted by atomic mass is 16.6. The van der Waals surface area contributed by atoms with Crippen molar-refractivity contribution in [3.63, 3.8) is 0 Å². The zero-order chi connectivity index (χ0) is 20.3. The van der Waals surface area contributed by atoms with Crippen LogP contribution in [0.25, 0.3) is 10.9 Å². The summed E-state index contributed by atoms with van der Waals surface area (Å²) in [4.78, 5) is 48.1. The Morgan fingerprint density at radius 2 is 2.04 bits per heavy atom. The quantitative estimate of drug-likeness (QED) is 0.364. The van der Waals surface area contributed by atoms with E-state index in [0.29, 0.717) is 10.2 Å². The van der Waals surface area contributed by atoms with Crippen LogP contribution in [0.4, 0.5) is 5.69 Å². The van der Waals surface area contributed by atoms with Gasteiger partial charge < -0.3 is 14.8 Å². The summed E-state index contributed by atoms with van der Waals surface area (Å²) in [5, 5.41) is 23.7. The van der Waals surface area contributed by atoms with E-state index in [1.165, 1.54) is 12.1 Å². The zero-order valence-corrected chi connectivity index (χ0v) is 14.1. The summed E-state index contributed by atoms with van der Waals surface area (Å²) in [5.41, 5.74) is -1.43. The molecule has 0 aliphatic heterocycles. The minimum absolute atomic E-state index is 0.0120. The van der Waals surface area contributed by atoms with E-state index in [1.54, 1.807) is 18.2 Å². The number of nitrogens with one attached hydrogen (secondary N) is 1. The number of hydrogen-bond acceptors (Lipinski definition) is 7. The van der Waals surface area contributed by atoms with Crippen molar-refractivity contribution in [1.29, 1.82) is 0 Å². The first-order valence-corrected chi connectivity index (χ1v) is 7.78. The maximum Gasteiger partial charge on any atom is 0.349 e. The van der Waals surface area contributed by atoms with Gasteiger partial charge in [0.2, 0.25) is 0 Å². The smallest absolute Gasteiger partial charge is 0.349 e. The molecule has 142 valence electrons. The van der Waals surface area contributed by atoms with E-state index in [-0.39, 0.29) is 22.4 Å². The Kier molecular flexibility index (Phi) is 4.98. The Balaban J connectivity index is 2.08. The molecule has 11 nitrogen and oxygen atoms in total. The number of aromatic nitrogens is 2. The molecule has 0 amide bonds. The first-order chi connectivity index (χ1) is 13.4. The predicted molar refractivity (Wildman–Crippen MR) is 98.0 cm³/mol. The summed E-state index contributed by atoms with van der Waals surface area (Å²) in [6.07, 6.45) is 1.01. The maximum absolute atomic E-state index is 12.5. The standard InChI is InChI=1S/C17H12N4O7/c22-15(23)9-28-14-6-5-11(21(26)27)7-10(14)8-18-20-16(24)12-3-1-2-4-13(12)19-17(20)25/h1-8H,9H2,(H,19,25)(H,22,23). The fraction of sp³-hybridized carbons (Fsp3) is 0.0588. The number of carboxylic acid groups (broad SMARTS) is 1. The van der Waals surface area contributed by atoms with E-state index in [2.05, 4.69) is 10.1 Å². The molecule has 0 saturated heterocycles. The number of H-pyrrole nitrogens is 1. The third-order valence-corrected chi connectivity index (χ3v) is 3.65. The van der Waals surface area contributed by atoms with E-state index < -0.39 is 28.7 Å². The van der Waals surface area contributed by atoms with Crippen molar-refractivity contribution in [2.45, 2.75) is 0 Å². The largest absolute Gasteiger partial charge is 0.481 e. The van der Waals surface area contributed by atoms with E-state index in [0.717, 1.165) is 18.3 Å². The number of ether oxygens (including phenoxy) is 1. The molecule has 2 N–H and O–H groups in total. The molecule has 28 heavy (non-hydrogen) atoms. The minimum Gasteiger partial charge on any atom is -0.481 e. The molecule has 0 spiro atoms. The maximum atomic E-state index is 12.5. The van der Waals surface area contributed by atoms with Gasteiger partial charge in [0.05, 0.1) is 22.0 Å². The van der Waals surface area contributed by atoms with Gasteiger partial charge in [-0.3, -0.25) is 14.9 Å². The average Bonchev–Trinajstić information content (AvgIpc) is 2.66. The number of carboxylic acids is 1. The zero-order valence-electron chi connectivity index (χ0n) is 14.1. The van der Waals surface area contributed by atoms with Crippen LogP contribution >= 0.6 is 0 Å². The summed E-state index contributed by atoms with van der Waals surface area (Å²) in [6, 6.07) is 9.76. The van der Waals surface area contributed by atoms with Gasteiger partial charge in [-0.1, -0.05) is 12.1 Å². The number of nitro benzene ring substituents is 1. The first-order valence-electron chi connectivity index (χ1n) is 7.78. The van der Waals surface area contributed by atoms with Crippen LogP contribution in [-0.2, 0) is 4.79 Å². The van der Waals surface area contributed by atoms with Gasteiger partial charge in [0, 0.05) is 17.7 Å². The highest BCUT2D eigenvalue weighted by Gasteiger charge is 2.12. The number of carbonyl (C=O) groups is 1. The molecular weight excluding hydrogens is 372 g/mol. The Morgan fingerprint density at radius 1 is 1.29 bits per heavy atom. The van der Waals surface area contributed by atoms with Gasteiger partial charge in [0.15, 0.2) is 6.61 Å². The molecule has 0 atom stereocenters. The Morgan fingerprint density at radius 3 is 2.75 bits per heavy atom. The Labute approximate surface area is 155 Å². The van der Waals surface area contributed by atoms with Crippen molar-refractivity contribution in [3.05, 3.63) is 79.0 Å². The number of non-ortho nitro benzene ring substituents is 1. The number of rotatable bonds is 6. The van der Waals surface area contributed by atoms with Gasteiger partial charge in [-0.05, 0) is 18.2 Å². The van der Waals surface area contributed by atoms with Crippen LogP contribution in [-0.4, -0.2) is 38.5 Å². The van der Waals surface area contributed by atoms with E-state index >= 15 is 0 Å². The lowest BCUT2D eigenvalue weighted by molar-refractivity contribution is -0.384. The summed E-state index contributed by atoms with van der Waals surface area (Å²) >= 11 is 0. The van der Waals surface area contributed by atoms with Crippen molar-refractivity contribution in [1.82, 2.24) is 9.66 Å². The number of benzene rings is 2. The van der Waals surface area contributed by atoms with E-state index in [4.69, 9.17) is 9.84 Å². The summed E-state index contributed by atoms with van der Waals surface area (Å²) in [6.45, 7) is -0.685. The highest BCUT2D eigenvalue weighted by molar-refractivity contribution is 5.85. The third-order valence-electron chi connectivity index (χ3n) is 3.65. The first kappa shape index (κ1) is 18.5. The molecule has 0 unspecified atom stereocenters. The molecule has 2 aromatic carbocycles. The van der Waals surface area contributed by atoms with Gasteiger partial charge in [-0.15, -0.1) is 4.68 Å². The molecule has 3 aromatic rings. The SMILES string of the molecule is O=C(O)COc1ccc([N+](=O)[O-])cc1C=Nn1c(=O)[nH]c2ccccc2c1=O. The molecule has 3 rings (SSSR count). The fourth-order valence-corrected chi connectivity index (χ4v) is 2.40. The molecule has 0 saturated carbocycles. The highest BCUT2D eigenvalue weighted by Crippen LogP contribution is 2.23. The van der Waals surface area contributed by atoms with E-state index in [9.17, 15) is 24.5 Å². The van der Waals surface area contributed by atoms with Crippen LogP contribution in [0.15, 0.2) is 57.2 Å². The number of nitro groups is 1. The van der Waals surface area contributed by atoms with Gasteiger partial charge in [0.1, 0.15) is 5.75 Å². The lowest BCUT2D eigenvalue weighted by atomic mass is 10.2. The Hall–Kier alpha value is -4.28. The number of nitrogens with zero attached hydrogens (tertiary/aromatic N) is 3. The lowest BCUT2D eigenvalue weighted by Gasteiger charge is -2.07. The van der Waals surface area contributed by atoms with Crippen molar-refractivity contribution in [3.8, 4) is 5.75 Å². The average molecular weight is 384 g/mol. The molecule has 0 radical (unpaired) electrons. The van der Waals surface area contributed by atoms with Gasteiger partial charge in [-0.2, -0.15) is 5.10 Å². The monoisotopic (exact) mass is 384 g/mol. The van der Waals surface area contributed by atoms with Crippen molar-refractivity contribution >= 4 is 28.8 Å². The van der Waals surface area contributed by atoms with Crippen LogP contribution in [0.2, 0.25) is 0 Å². The number of fused-ring (bicyclic) bond motifs is 1. The van der Waals surface area contributed by atoms with Gasteiger partial charge in [0.25, 0.3) is 11.2 Å².